The molecule has 5 nitrogen and oxygen atoms in total. The van der Waals surface area contributed by atoms with Gasteiger partial charge in [0.25, 0.3) is 5.91 Å². The van der Waals surface area contributed by atoms with E-state index in [0.29, 0.717) is 17.2 Å². The third kappa shape index (κ3) is 4.40. The summed E-state index contributed by atoms with van der Waals surface area (Å²) in [7, 11) is 1.59. The fourth-order valence-electron chi connectivity index (χ4n) is 3.46. The molecule has 1 aliphatic carbocycles. The number of hydrogen-bond donors (Lipinski definition) is 1. The van der Waals surface area contributed by atoms with Gasteiger partial charge in [-0.25, -0.2) is 4.98 Å². The van der Waals surface area contributed by atoms with E-state index in [2.05, 4.69) is 17.2 Å². The highest BCUT2D eigenvalue weighted by atomic mass is 35.5. The van der Waals surface area contributed by atoms with E-state index >= 15 is 0 Å². The molecule has 1 fully saturated rings. The molecule has 0 unspecified atom stereocenters. The van der Waals surface area contributed by atoms with Crippen molar-refractivity contribution >= 4 is 34.5 Å². The number of amides is 1. The second-order valence-corrected chi connectivity index (χ2v) is 7.30. The molecule has 1 amide bonds. The Hall–Kier alpha value is -2.58. The predicted octanol–water partition coefficient (Wildman–Crippen LogP) is 4.50. The molecule has 6 heteroatoms. The van der Waals surface area contributed by atoms with Crippen molar-refractivity contribution in [1.29, 1.82) is 5.26 Å². The van der Waals surface area contributed by atoms with Crippen molar-refractivity contribution in [3.05, 3.63) is 40.6 Å². The minimum atomic E-state index is -0.363. The molecule has 0 bridgehead atoms. The number of nitrogens with one attached hydrogen (secondary N) is 1. The number of nitrogens with zero attached hydrogens (tertiary/aromatic N) is 2. The van der Waals surface area contributed by atoms with E-state index in [4.69, 9.17) is 16.3 Å². The molecule has 140 valence electrons. The normalized spacial score (nSPS) is 20.1. The highest BCUT2D eigenvalue weighted by Crippen LogP contribution is 2.27. The molecular weight excluding hydrogens is 362 g/mol. The van der Waals surface area contributed by atoms with E-state index in [1.807, 2.05) is 18.2 Å². The number of rotatable bonds is 4. The Kier molecular flexibility index (Phi) is 5.98. The van der Waals surface area contributed by atoms with Gasteiger partial charge in [0.15, 0.2) is 0 Å². The monoisotopic (exact) mass is 383 g/mol. The summed E-state index contributed by atoms with van der Waals surface area (Å²) in [5.41, 5.74) is 1.27. The Labute approximate surface area is 164 Å². The zero-order chi connectivity index (χ0) is 19.4. The van der Waals surface area contributed by atoms with Crippen molar-refractivity contribution in [2.24, 2.45) is 5.92 Å². The molecule has 1 saturated carbocycles. The summed E-state index contributed by atoms with van der Waals surface area (Å²) in [6.45, 7) is 2.14. The Morgan fingerprint density at radius 2 is 2.15 bits per heavy atom. The average Bonchev–Trinajstić information content (AvgIpc) is 2.67. The van der Waals surface area contributed by atoms with Crippen LogP contribution in [0.2, 0.25) is 5.15 Å². The maximum atomic E-state index is 12.6. The summed E-state index contributed by atoms with van der Waals surface area (Å²) in [5, 5.41) is 13.6. The van der Waals surface area contributed by atoms with Gasteiger partial charge >= 0.3 is 0 Å². The van der Waals surface area contributed by atoms with Crippen LogP contribution in [0.3, 0.4) is 0 Å². The van der Waals surface area contributed by atoms with Crippen molar-refractivity contribution in [2.45, 2.75) is 38.6 Å². The molecule has 1 aliphatic rings. The summed E-state index contributed by atoms with van der Waals surface area (Å²) >= 11 is 6.27. The number of benzene rings is 1. The van der Waals surface area contributed by atoms with Gasteiger partial charge in [0.05, 0.1) is 12.6 Å². The molecule has 1 aromatic heterocycles. The summed E-state index contributed by atoms with van der Waals surface area (Å²) in [6, 6.07) is 9.37. The summed E-state index contributed by atoms with van der Waals surface area (Å²) in [5.74, 6) is 0.755. The van der Waals surface area contributed by atoms with E-state index in [1.165, 1.54) is 12.5 Å². The van der Waals surface area contributed by atoms with Gasteiger partial charge in [0, 0.05) is 17.0 Å². The second kappa shape index (κ2) is 8.41. The molecule has 0 spiro atoms. The van der Waals surface area contributed by atoms with Gasteiger partial charge in [-0.05, 0) is 49.1 Å². The largest absolute Gasteiger partial charge is 0.497 e. The van der Waals surface area contributed by atoms with Crippen molar-refractivity contribution in [3.63, 3.8) is 0 Å². The number of carbonyl (C=O) groups is 1. The van der Waals surface area contributed by atoms with Crippen molar-refractivity contribution < 1.29 is 9.53 Å². The number of ether oxygens (including phenoxy) is 1. The summed E-state index contributed by atoms with van der Waals surface area (Å²) in [6.07, 6.45) is 5.83. The molecule has 0 radical (unpaired) electrons. The highest BCUT2D eigenvalue weighted by Gasteiger charge is 2.24. The zero-order valence-electron chi connectivity index (χ0n) is 15.5. The molecular formula is C21H22ClN3O2. The van der Waals surface area contributed by atoms with E-state index < -0.39 is 0 Å². The topological polar surface area (TPSA) is 75.0 Å². The van der Waals surface area contributed by atoms with Crippen LogP contribution >= 0.6 is 11.6 Å². The summed E-state index contributed by atoms with van der Waals surface area (Å²) < 4.78 is 5.23. The molecule has 2 atom stereocenters. The molecule has 2 aromatic rings. The Morgan fingerprint density at radius 1 is 1.37 bits per heavy atom. The smallest absolute Gasteiger partial charge is 0.262 e. The van der Waals surface area contributed by atoms with E-state index in [-0.39, 0.29) is 22.7 Å². The molecule has 27 heavy (non-hydrogen) atoms. The number of pyridine rings is 1. The lowest BCUT2D eigenvalue weighted by molar-refractivity contribution is -0.118. The second-order valence-electron chi connectivity index (χ2n) is 6.94. The molecule has 0 saturated heterocycles. The quantitative estimate of drug-likeness (QED) is 0.479. The van der Waals surface area contributed by atoms with Crippen molar-refractivity contribution in [2.75, 3.05) is 7.11 Å². The van der Waals surface area contributed by atoms with Gasteiger partial charge in [-0.2, -0.15) is 5.26 Å². The maximum absolute atomic E-state index is 12.6. The number of aromatic nitrogens is 1. The molecule has 1 N–H and O–H groups in total. The van der Waals surface area contributed by atoms with Gasteiger partial charge < -0.3 is 10.1 Å². The first-order valence-electron chi connectivity index (χ1n) is 9.08. The Balaban J connectivity index is 1.89. The van der Waals surface area contributed by atoms with Gasteiger partial charge in [-0.1, -0.05) is 31.4 Å². The lowest BCUT2D eigenvalue weighted by Crippen LogP contribution is -2.41. The van der Waals surface area contributed by atoms with Gasteiger partial charge in [-0.3, -0.25) is 4.79 Å². The number of nitriles is 1. The third-order valence-electron chi connectivity index (χ3n) is 5.10. The first-order valence-corrected chi connectivity index (χ1v) is 9.46. The fraction of sp³-hybridized carbons (Fsp3) is 0.381. The number of carbonyl (C=O) groups excluding carboxylic acids is 1. The number of fused-ring (bicyclic) bond motifs is 1. The fourth-order valence-corrected chi connectivity index (χ4v) is 3.66. The van der Waals surface area contributed by atoms with E-state index in [1.54, 1.807) is 19.2 Å². The summed E-state index contributed by atoms with van der Waals surface area (Å²) in [4.78, 5) is 16.9. The van der Waals surface area contributed by atoms with Gasteiger partial charge in [0.1, 0.15) is 22.5 Å². The SMILES string of the molecule is COc1ccc2nc(Cl)c(/C=C(\C#N)C(=O)N[C@H]3CCCC[C@@H]3C)cc2c1. The van der Waals surface area contributed by atoms with Crippen LogP contribution in [0.1, 0.15) is 38.2 Å². The average molecular weight is 384 g/mol. The first-order chi connectivity index (χ1) is 13.0. The Morgan fingerprint density at radius 3 is 2.85 bits per heavy atom. The standard InChI is InChI=1S/C21H22ClN3O2/c1-13-5-3-4-6-18(13)25-21(26)16(12-23)10-15-9-14-11-17(27-2)7-8-19(14)24-20(15)22/h7-11,13,18H,3-6H2,1-2H3,(H,25,26)/b16-10+/t13-,18-/m0/s1. The maximum Gasteiger partial charge on any atom is 0.262 e. The van der Waals surface area contributed by atoms with Crippen LogP contribution in [0.5, 0.6) is 5.75 Å². The third-order valence-corrected chi connectivity index (χ3v) is 5.40. The van der Waals surface area contributed by atoms with Crippen LogP contribution in [0.25, 0.3) is 17.0 Å². The predicted molar refractivity (Wildman–Crippen MR) is 106 cm³/mol. The van der Waals surface area contributed by atoms with Gasteiger partial charge in [0.2, 0.25) is 0 Å². The van der Waals surface area contributed by atoms with Crippen LogP contribution in [0.4, 0.5) is 0 Å². The van der Waals surface area contributed by atoms with Crippen molar-refractivity contribution in [3.8, 4) is 11.8 Å². The lowest BCUT2D eigenvalue weighted by atomic mass is 9.86. The van der Waals surface area contributed by atoms with Crippen LogP contribution in [-0.4, -0.2) is 24.0 Å². The minimum absolute atomic E-state index is 0.0266. The Bertz CT molecular complexity index is 933. The van der Waals surface area contributed by atoms with E-state index in [0.717, 1.165) is 30.2 Å². The van der Waals surface area contributed by atoms with Crippen LogP contribution in [0, 0.1) is 17.2 Å². The molecule has 1 heterocycles. The van der Waals surface area contributed by atoms with E-state index in [9.17, 15) is 10.1 Å². The van der Waals surface area contributed by atoms with Crippen LogP contribution in [-0.2, 0) is 4.79 Å². The van der Waals surface area contributed by atoms with Crippen LogP contribution < -0.4 is 10.1 Å². The lowest BCUT2D eigenvalue weighted by Gasteiger charge is -2.29. The van der Waals surface area contributed by atoms with Crippen molar-refractivity contribution in [1.82, 2.24) is 10.3 Å². The minimum Gasteiger partial charge on any atom is -0.497 e. The number of hydrogen-bond acceptors (Lipinski definition) is 4. The zero-order valence-corrected chi connectivity index (χ0v) is 16.2. The highest BCUT2D eigenvalue weighted by molar-refractivity contribution is 6.31. The molecule has 3 rings (SSSR count). The number of methoxy groups -OCH3 is 1. The molecule has 1 aromatic carbocycles. The molecule has 0 aliphatic heterocycles. The van der Waals surface area contributed by atoms with Crippen LogP contribution in [0.15, 0.2) is 29.8 Å². The van der Waals surface area contributed by atoms with Gasteiger partial charge in [-0.15, -0.1) is 0 Å². The number of halogens is 1. The first kappa shape index (κ1) is 19.2.